The highest BCUT2D eigenvalue weighted by molar-refractivity contribution is 4.96. The summed E-state index contributed by atoms with van der Waals surface area (Å²) in [4.78, 5) is 2.63. The van der Waals surface area contributed by atoms with Crippen LogP contribution in [0.3, 0.4) is 0 Å². The molecule has 2 nitrogen and oxygen atoms in total. The van der Waals surface area contributed by atoms with Crippen molar-refractivity contribution < 1.29 is 0 Å². The molecule has 2 aliphatic heterocycles. The van der Waals surface area contributed by atoms with E-state index in [2.05, 4.69) is 17.1 Å². The Morgan fingerprint density at radius 2 is 2.50 bits per heavy atom. The van der Waals surface area contributed by atoms with E-state index in [4.69, 9.17) is 0 Å². The molecule has 2 heteroatoms. The second-order valence-electron chi connectivity index (χ2n) is 3.49. The normalized spacial score (nSPS) is 39.3. The van der Waals surface area contributed by atoms with E-state index in [9.17, 15) is 0 Å². The molecule has 0 aromatic rings. The van der Waals surface area contributed by atoms with Gasteiger partial charge in [-0.2, -0.15) is 0 Å². The average molecular weight is 140 g/mol. The molecule has 58 valence electrons. The Morgan fingerprint density at radius 3 is 3.00 bits per heavy atom. The standard InChI is InChI=1S/C8H16N2/c1-2-3-10-6-7-4-8(10)5-9-7/h7-9H,2-6H2,1H3/t7-,8-/m0/s1. The highest BCUT2D eigenvalue weighted by Crippen LogP contribution is 2.22. The summed E-state index contributed by atoms with van der Waals surface area (Å²) >= 11 is 0. The van der Waals surface area contributed by atoms with Crippen LogP contribution in [-0.2, 0) is 0 Å². The SMILES string of the molecule is CCCN1C[C@@H]2C[C@H]1CN2. The van der Waals surface area contributed by atoms with Gasteiger partial charge < -0.3 is 5.32 Å². The first-order valence-electron chi connectivity index (χ1n) is 4.37. The Labute approximate surface area is 62.6 Å². The summed E-state index contributed by atoms with van der Waals surface area (Å²) in [5.74, 6) is 0. The monoisotopic (exact) mass is 140 g/mol. The molecule has 2 rings (SSSR count). The van der Waals surface area contributed by atoms with E-state index in [0.717, 1.165) is 12.1 Å². The molecule has 0 unspecified atom stereocenters. The molecule has 0 amide bonds. The molecule has 2 atom stereocenters. The van der Waals surface area contributed by atoms with Crippen LogP contribution in [0.1, 0.15) is 19.8 Å². The van der Waals surface area contributed by atoms with Gasteiger partial charge in [0.25, 0.3) is 0 Å². The smallest absolute Gasteiger partial charge is 0.0236 e. The molecule has 2 saturated heterocycles. The van der Waals surface area contributed by atoms with Crippen molar-refractivity contribution in [2.45, 2.75) is 31.8 Å². The summed E-state index contributed by atoms with van der Waals surface area (Å²) in [6.07, 6.45) is 2.71. The molecule has 0 saturated carbocycles. The number of nitrogens with one attached hydrogen (secondary N) is 1. The lowest BCUT2D eigenvalue weighted by atomic mass is 10.2. The fourth-order valence-electron chi connectivity index (χ4n) is 2.21. The van der Waals surface area contributed by atoms with Gasteiger partial charge in [-0.05, 0) is 19.4 Å². The minimum absolute atomic E-state index is 0.830. The Balaban J connectivity index is 1.90. The van der Waals surface area contributed by atoms with Crippen LogP contribution in [0.25, 0.3) is 0 Å². The molecule has 10 heavy (non-hydrogen) atoms. The molecule has 2 heterocycles. The minimum Gasteiger partial charge on any atom is -0.311 e. The zero-order valence-electron chi connectivity index (χ0n) is 6.64. The van der Waals surface area contributed by atoms with Crippen molar-refractivity contribution in [1.29, 1.82) is 0 Å². The fourth-order valence-corrected chi connectivity index (χ4v) is 2.21. The van der Waals surface area contributed by atoms with Gasteiger partial charge in [-0.3, -0.25) is 4.90 Å². The van der Waals surface area contributed by atoms with E-state index < -0.39 is 0 Å². The lowest BCUT2D eigenvalue weighted by Crippen LogP contribution is -2.43. The van der Waals surface area contributed by atoms with Crippen molar-refractivity contribution in [1.82, 2.24) is 10.2 Å². The molecule has 0 aromatic carbocycles. The Hall–Kier alpha value is -0.0800. The van der Waals surface area contributed by atoms with Crippen LogP contribution >= 0.6 is 0 Å². The van der Waals surface area contributed by atoms with Crippen LogP contribution in [0.5, 0.6) is 0 Å². The van der Waals surface area contributed by atoms with Gasteiger partial charge in [0.1, 0.15) is 0 Å². The molecule has 2 fully saturated rings. The quantitative estimate of drug-likeness (QED) is 0.599. The molecular formula is C8H16N2. The van der Waals surface area contributed by atoms with Gasteiger partial charge in [-0.15, -0.1) is 0 Å². The van der Waals surface area contributed by atoms with Crippen LogP contribution in [0.2, 0.25) is 0 Å². The third-order valence-corrected chi connectivity index (χ3v) is 2.68. The predicted octanol–water partition coefficient (Wildman–Crippen LogP) is 0.442. The Bertz CT molecular complexity index is 124. The molecule has 2 aliphatic rings. The topological polar surface area (TPSA) is 15.3 Å². The van der Waals surface area contributed by atoms with Gasteiger partial charge in [-0.1, -0.05) is 6.92 Å². The lowest BCUT2D eigenvalue weighted by Gasteiger charge is -2.26. The number of hydrogen-bond donors (Lipinski definition) is 1. The molecule has 0 spiro atoms. The highest BCUT2D eigenvalue weighted by atomic mass is 15.3. The largest absolute Gasteiger partial charge is 0.311 e. The second kappa shape index (κ2) is 2.51. The average Bonchev–Trinajstić information content (AvgIpc) is 2.48. The Morgan fingerprint density at radius 1 is 1.60 bits per heavy atom. The van der Waals surface area contributed by atoms with Gasteiger partial charge in [0.15, 0.2) is 0 Å². The maximum absolute atomic E-state index is 3.50. The first-order chi connectivity index (χ1) is 4.90. The van der Waals surface area contributed by atoms with Gasteiger partial charge in [0, 0.05) is 25.2 Å². The molecular weight excluding hydrogens is 124 g/mol. The minimum atomic E-state index is 0.830. The summed E-state index contributed by atoms with van der Waals surface area (Å²) < 4.78 is 0. The maximum Gasteiger partial charge on any atom is 0.0236 e. The zero-order chi connectivity index (χ0) is 6.97. The molecule has 1 N–H and O–H groups in total. The van der Waals surface area contributed by atoms with E-state index in [1.807, 2.05) is 0 Å². The van der Waals surface area contributed by atoms with Gasteiger partial charge in [-0.25, -0.2) is 0 Å². The number of likely N-dealkylation sites (tertiary alicyclic amines) is 1. The summed E-state index contributed by atoms with van der Waals surface area (Å²) in [7, 11) is 0. The summed E-state index contributed by atoms with van der Waals surface area (Å²) in [5, 5.41) is 3.50. The molecule has 0 aromatic heterocycles. The van der Waals surface area contributed by atoms with Crippen molar-refractivity contribution in [2.75, 3.05) is 19.6 Å². The van der Waals surface area contributed by atoms with Crippen molar-refractivity contribution >= 4 is 0 Å². The maximum atomic E-state index is 3.50. The van der Waals surface area contributed by atoms with Crippen molar-refractivity contribution in [2.24, 2.45) is 0 Å². The van der Waals surface area contributed by atoms with E-state index in [1.165, 1.54) is 32.5 Å². The lowest BCUT2D eigenvalue weighted by molar-refractivity contribution is 0.226. The van der Waals surface area contributed by atoms with Crippen molar-refractivity contribution in [3.8, 4) is 0 Å². The highest BCUT2D eigenvalue weighted by Gasteiger charge is 2.36. The van der Waals surface area contributed by atoms with Crippen LogP contribution in [0.15, 0.2) is 0 Å². The van der Waals surface area contributed by atoms with E-state index in [0.29, 0.717) is 0 Å². The zero-order valence-corrected chi connectivity index (χ0v) is 6.64. The number of piperazine rings is 1. The molecule has 0 radical (unpaired) electrons. The summed E-state index contributed by atoms with van der Waals surface area (Å²) in [5.41, 5.74) is 0. The molecule has 0 aliphatic carbocycles. The Kier molecular flexibility index (Phi) is 1.66. The van der Waals surface area contributed by atoms with Gasteiger partial charge in [0.05, 0.1) is 0 Å². The summed E-state index contributed by atoms with van der Waals surface area (Å²) in [6.45, 7) is 6.12. The van der Waals surface area contributed by atoms with E-state index in [1.54, 1.807) is 0 Å². The van der Waals surface area contributed by atoms with E-state index >= 15 is 0 Å². The third kappa shape index (κ3) is 0.956. The summed E-state index contributed by atoms with van der Waals surface area (Å²) in [6, 6.07) is 1.71. The molecule has 2 bridgehead atoms. The number of nitrogens with zero attached hydrogens (tertiary/aromatic N) is 1. The number of hydrogen-bond acceptors (Lipinski definition) is 2. The first kappa shape index (κ1) is 6.62. The van der Waals surface area contributed by atoms with Crippen LogP contribution in [0.4, 0.5) is 0 Å². The third-order valence-electron chi connectivity index (χ3n) is 2.68. The predicted molar refractivity (Wildman–Crippen MR) is 42.1 cm³/mol. The fraction of sp³-hybridized carbons (Fsp3) is 1.00. The van der Waals surface area contributed by atoms with E-state index in [-0.39, 0.29) is 0 Å². The number of fused-ring (bicyclic) bond motifs is 2. The van der Waals surface area contributed by atoms with Gasteiger partial charge >= 0.3 is 0 Å². The van der Waals surface area contributed by atoms with Crippen molar-refractivity contribution in [3.05, 3.63) is 0 Å². The number of rotatable bonds is 2. The van der Waals surface area contributed by atoms with Crippen LogP contribution < -0.4 is 5.32 Å². The van der Waals surface area contributed by atoms with Crippen molar-refractivity contribution in [3.63, 3.8) is 0 Å². The van der Waals surface area contributed by atoms with Crippen LogP contribution in [-0.4, -0.2) is 36.6 Å². The second-order valence-corrected chi connectivity index (χ2v) is 3.49. The van der Waals surface area contributed by atoms with Crippen LogP contribution in [0, 0.1) is 0 Å². The van der Waals surface area contributed by atoms with Gasteiger partial charge in [0.2, 0.25) is 0 Å². The first-order valence-corrected chi connectivity index (χ1v) is 4.37.